The van der Waals surface area contributed by atoms with Gasteiger partial charge < -0.3 is 19.7 Å². The van der Waals surface area contributed by atoms with Crippen molar-refractivity contribution in [2.24, 2.45) is 5.92 Å². The smallest absolute Gasteiger partial charge is 0.325 e. The van der Waals surface area contributed by atoms with Crippen LogP contribution in [0.15, 0.2) is 0 Å². The van der Waals surface area contributed by atoms with Crippen LogP contribution in [-0.4, -0.2) is 71.8 Å². The maximum atomic E-state index is 13.1. The quantitative estimate of drug-likeness (QED) is 0.746. The minimum Gasteiger partial charge on any atom is -0.348 e. The zero-order valence-electron chi connectivity index (χ0n) is 15.9. The van der Waals surface area contributed by atoms with Crippen LogP contribution in [0.2, 0.25) is 0 Å². The van der Waals surface area contributed by atoms with Crippen LogP contribution in [0.25, 0.3) is 0 Å². The Hall–Kier alpha value is -1.67. The number of hydrogen-bond donors (Lipinski definition) is 1. The average Bonchev–Trinajstić information content (AvgIpc) is 3.28. The number of carbonyl (C=O) groups excluding carboxylic acids is 3. The maximum absolute atomic E-state index is 13.1. The van der Waals surface area contributed by atoms with Crippen molar-refractivity contribution in [2.45, 2.75) is 69.7 Å². The highest BCUT2D eigenvalue weighted by atomic mass is 16.7. The zero-order chi connectivity index (χ0) is 19.0. The van der Waals surface area contributed by atoms with Crippen molar-refractivity contribution in [3.8, 4) is 0 Å². The third-order valence-corrected chi connectivity index (χ3v) is 6.63. The van der Waals surface area contributed by atoms with Crippen molar-refractivity contribution in [3.05, 3.63) is 0 Å². The summed E-state index contributed by atoms with van der Waals surface area (Å²) >= 11 is 0. The molecule has 1 aliphatic carbocycles. The summed E-state index contributed by atoms with van der Waals surface area (Å²) < 4.78 is 11.2. The molecule has 0 radical (unpaired) electrons. The molecular formula is C19H29N3O5. The molecule has 3 saturated heterocycles. The van der Waals surface area contributed by atoms with E-state index in [4.69, 9.17) is 9.47 Å². The molecule has 150 valence electrons. The minimum absolute atomic E-state index is 0.0887. The van der Waals surface area contributed by atoms with E-state index in [2.05, 4.69) is 5.32 Å². The fourth-order valence-electron chi connectivity index (χ4n) is 5.01. The molecule has 8 heteroatoms. The van der Waals surface area contributed by atoms with Gasteiger partial charge in [0.05, 0.1) is 19.3 Å². The SMILES string of the molecule is C[C@@H]1CCCC[C@@]12NC(=O)N(CC(=O)N1CCCC[C@H]1C1OCCO1)C2=O. The van der Waals surface area contributed by atoms with E-state index < -0.39 is 17.9 Å². The van der Waals surface area contributed by atoms with Gasteiger partial charge in [0.15, 0.2) is 6.29 Å². The summed E-state index contributed by atoms with van der Waals surface area (Å²) in [7, 11) is 0. The highest BCUT2D eigenvalue weighted by Crippen LogP contribution is 2.38. The van der Waals surface area contributed by atoms with Crippen molar-refractivity contribution in [2.75, 3.05) is 26.3 Å². The zero-order valence-corrected chi connectivity index (χ0v) is 15.9. The standard InChI is InChI=1S/C19H29N3O5/c1-13-6-2-4-8-19(13)17(24)22(18(25)20-19)12-15(23)21-9-5-3-7-14(21)16-26-10-11-27-16/h13-14,16H,2-12H2,1H3,(H,20,25)/t13-,14+,19-/m1/s1. The molecule has 0 aromatic rings. The van der Waals surface area contributed by atoms with Gasteiger partial charge in [-0.25, -0.2) is 4.79 Å². The summed E-state index contributed by atoms with van der Waals surface area (Å²) in [6, 6.07) is -0.582. The van der Waals surface area contributed by atoms with Crippen LogP contribution < -0.4 is 5.32 Å². The second kappa shape index (κ2) is 7.39. The normalized spacial score (nSPS) is 35.1. The summed E-state index contributed by atoms with van der Waals surface area (Å²) in [6.07, 6.45) is 5.90. The minimum atomic E-state index is -0.825. The monoisotopic (exact) mass is 379 g/mol. The van der Waals surface area contributed by atoms with Gasteiger partial charge in [-0.2, -0.15) is 0 Å². The highest BCUT2D eigenvalue weighted by molar-refractivity contribution is 6.09. The van der Waals surface area contributed by atoms with Crippen LogP contribution in [0, 0.1) is 5.92 Å². The van der Waals surface area contributed by atoms with Crippen LogP contribution in [0.4, 0.5) is 4.79 Å². The Kier molecular flexibility index (Phi) is 5.11. The summed E-state index contributed by atoms with van der Waals surface area (Å²) in [6.45, 7) is 3.49. The highest BCUT2D eigenvalue weighted by Gasteiger charge is 2.55. The number of nitrogens with one attached hydrogen (secondary N) is 1. The number of imide groups is 1. The molecule has 3 atom stereocenters. The molecule has 4 amide bonds. The van der Waals surface area contributed by atoms with E-state index in [0.29, 0.717) is 26.2 Å². The summed E-state index contributed by atoms with van der Waals surface area (Å²) in [4.78, 5) is 41.5. The topological polar surface area (TPSA) is 88.2 Å². The second-order valence-electron chi connectivity index (χ2n) is 8.20. The first kappa shape index (κ1) is 18.7. The lowest BCUT2D eigenvalue weighted by Crippen LogP contribution is -2.55. The summed E-state index contributed by atoms with van der Waals surface area (Å²) in [5.74, 6) is -0.358. The number of ether oxygens (including phenoxy) is 2. The molecule has 3 heterocycles. The lowest BCUT2D eigenvalue weighted by molar-refractivity contribution is -0.153. The molecule has 4 rings (SSSR count). The van der Waals surface area contributed by atoms with E-state index in [9.17, 15) is 14.4 Å². The number of likely N-dealkylation sites (tertiary alicyclic amines) is 1. The van der Waals surface area contributed by atoms with Crippen LogP contribution in [0.5, 0.6) is 0 Å². The van der Waals surface area contributed by atoms with Crippen LogP contribution in [-0.2, 0) is 19.1 Å². The average molecular weight is 379 g/mol. The molecule has 1 saturated carbocycles. The van der Waals surface area contributed by atoms with Gasteiger partial charge in [-0.05, 0) is 38.0 Å². The Morgan fingerprint density at radius 2 is 1.89 bits per heavy atom. The van der Waals surface area contributed by atoms with Gasteiger partial charge >= 0.3 is 6.03 Å². The van der Waals surface area contributed by atoms with Crippen molar-refractivity contribution in [3.63, 3.8) is 0 Å². The Labute approximate surface area is 159 Å². The second-order valence-corrected chi connectivity index (χ2v) is 8.20. The molecule has 4 fully saturated rings. The van der Waals surface area contributed by atoms with Gasteiger partial charge in [0.2, 0.25) is 5.91 Å². The lowest BCUT2D eigenvalue weighted by Gasteiger charge is -2.39. The molecule has 0 unspecified atom stereocenters. The van der Waals surface area contributed by atoms with E-state index in [1.54, 1.807) is 4.90 Å². The van der Waals surface area contributed by atoms with Gasteiger partial charge in [-0.1, -0.05) is 19.8 Å². The molecule has 8 nitrogen and oxygen atoms in total. The van der Waals surface area contributed by atoms with Crippen molar-refractivity contribution in [1.29, 1.82) is 0 Å². The number of piperidine rings is 1. The van der Waals surface area contributed by atoms with E-state index in [1.807, 2.05) is 6.92 Å². The van der Waals surface area contributed by atoms with Gasteiger partial charge in [0.25, 0.3) is 5.91 Å². The van der Waals surface area contributed by atoms with Crippen LogP contribution in [0.1, 0.15) is 51.9 Å². The molecule has 4 aliphatic rings. The van der Waals surface area contributed by atoms with Gasteiger partial charge in [0, 0.05) is 6.54 Å². The third-order valence-electron chi connectivity index (χ3n) is 6.63. The maximum Gasteiger partial charge on any atom is 0.325 e. The molecule has 27 heavy (non-hydrogen) atoms. The molecular weight excluding hydrogens is 350 g/mol. The van der Waals surface area contributed by atoms with Crippen molar-refractivity contribution >= 4 is 17.8 Å². The van der Waals surface area contributed by atoms with Crippen LogP contribution >= 0.6 is 0 Å². The molecule has 1 spiro atoms. The molecule has 0 aromatic heterocycles. The predicted molar refractivity (Wildman–Crippen MR) is 95.7 cm³/mol. The van der Waals surface area contributed by atoms with Crippen molar-refractivity contribution < 1.29 is 23.9 Å². The first-order valence-electron chi connectivity index (χ1n) is 10.2. The predicted octanol–water partition coefficient (Wildman–Crippen LogP) is 1.24. The Bertz CT molecular complexity index is 620. The van der Waals surface area contributed by atoms with Crippen LogP contribution in [0.3, 0.4) is 0 Å². The number of urea groups is 1. The Morgan fingerprint density at radius 1 is 1.15 bits per heavy atom. The van der Waals surface area contributed by atoms with E-state index >= 15 is 0 Å². The fourth-order valence-corrected chi connectivity index (χ4v) is 5.01. The molecule has 0 aromatic carbocycles. The fraction of sp³-hybridized carbons (Fsp3) is 0.842. The van der Waals surface area contributed by atoms with Gasteiger partial charge in [0.1, 0.15) is 12.1 Å². The van der Waals surface area contributed by atoms with E-state index in [0.717, 1.165) is 43.4 Å². The van der Waals surface area contributed by atoms with Gasteiger partial charge in [-0.3, -0.25) is 14.5 Å². The first-order chi connectivity index (χ1) is 13.0. The molecule has 0 bridgehead atoms. The summed E-state index contributed by atoms with van der Waals surface area (Å²) in [5.41, 5.74) is -0.825. The largest absolute Gasteiger partial charge is 0.348 e. The summed E-state index contributed by atoms with van der Waals surface area (Å²) in [5, 5.41) is 2.91. The number of hydrogen-bond acceptors (Lipinski definition) is 5. The van der Waals surface area contributed by atoms with E-state index in [1.165, 1.54) is 0 Å². The lowest BCUT2D eigenvalue weighted by atomic mass is 9.73. The number of amides is 4. The Balaban J connectivity index is 1.46. The number of rotatable bonds is 3. The van der Waals surface area contributed by atoms with Crippen molar-refractivity contribution in [1.82, 2.24) is 15.1 Å². The number of carbonyl (C=O) groups is 3. The molecule has 1 N–H and O–H groups in total. The van der Waals surface area contributed by atoms with E-state index in [-0.39, 0.29) is 30.3 Å². The first-order valence-corrected chi connectivity index (χ1v) is 10.2. The third kappa shape index (κ3) is 3.23. The molecule has 3 aliphatic heterocycles. The Morgan fingerprint density at radius 3 is 2.63 bits per heavy atom. The number of nitrogens with zero attached hydrogens (tertiary/aromatic N) is 2. The van der Waals surface area contributed by atoms with Gasteiger partial charge in [-0.15, -0.1) is 0 Å².